The van der Waals surface area contributed by atoms with E-state index in [-0.39, 0.29) is 5.92 Å². The Morgan fingerprint density at radius 3 is 1.17 bits per heavy atom. The average Bonchev–Trinajstić information content (AvgIpc) is 4.23. The van der Waals surface area contributed by atoms with E-state index in [2.05, 4.69) is 331 Å². The number of hydrogen-bond donors (Lipinski definition) is 0. The standard InChI is InChI=1S/C80H58N2/c1-7-23-57(24-8-1)77-55-76(56-39-43-68(44-40-56)81(66-33-15-5-16-34-66)70-47-49-74-62(53-70)51-60-29-19-21-37-72(60)74)78(58-25-9-2-10-26-58)79(59-27-11-3-12-28-59)80(77,64-31-13-4-14-32-64)65-41-45-69(46-42-65)82(67-35-17-6-18-36-67)71-48-50-75-63(54-71)52-61-30-20-22-38-73(61)75/h1-50,53-55,77H,51-52H2. The van der Waals surface area contributed by atoms with Gasteiger partial charge < -0.3 is 9.80 Å². The van der Waals surface area contributed by atoms with Crippen LogP contribution >= 0.6 is 0 Å². The van der Waals surface area contributed by atoms with Crippen LogP contribution in [0, 0.1) is 0 Å². The molecule has 3 aliphatic rings. The SMILES string of the molecule is C1=C(c2ccc(N(c3ccccc3)c3ccc4c(c3)Cc3ccccc3-4)cc2)C(c2ccccc2)=C(c2ccccc2)C(c2ccccc2)(c2ccc(N(c3ccccc3)c3ccc4c(c3)Cc3ccccc3-4)cc2)C1c1ccccc1. The molecule has 0 heterocycles. The summed E-state index contributed by atoms with van der Waals surface area (Å²) in [5, 5.41) is 0. The molecule has 2 nitrogen and oxygen atoms in total. The van der Waals surface area contributed by atoms with Crippen molar-refractivity contribution in [1.29, 1.82) is 0 Å². The molecule has 388 valence electrons. The number of rotatable bonds is 12. The van der Waals surface area contributed by atoms with Crippen LogP contribution in [0.5, 0.6) is 0 Å². The van der Waals surface area contributed by atoms with Crippen molar-refractivity contribution in [3.8, 4) is 22.3 Å². The summed E-state index contributed by atoms with van der Waals surface area (Å²) in [5.41, 5.74) is 27.6. The molecule has 2 unspecified atom stereocenters. The van der Waals surface area contributed by atoms with Gasteiger partial charge in [0, 0.05) is 40.0 Å². The number of benzene rings is 12. The van der Waals surface area contributed by atoms with Crippen molar-refractivity contribution in [2.45, 2.75) is 24.2 Å². The van der Waals surface area contributed by atoms with Crippen LogP contribution in [0.4, 0.5) is 34.1 Å². The summed E-state index contributed by atoms with van der Waals surface area (Å²) < 4.78 is 0. The zero-order valence-corrected chi connectivity index (χ0v) is 45.5. The second-order valence-corrected chi connectivity index (χ2v) is 21.9. The predicted molar refractivity (Wildman–Crippen MR) is 343 cm³/mol. The summed E-state index contributed by atoms with van der Waals surface area (Å²) in [6.45, 7) is 0. The van der Waals surface area contributed by atoms with Gasteiger partial charge in [-0.05, 0) is 180 Å². The first-order valence-corrected chi connectivity index (χ1v) is 28.7. The van der Waals surface area contributed by atoms with Crippen molar-refractivity contribution in [2.75, 3.05) is 9.80 Å². The molecule has 0 saturated carbocycles. The molecule has 2 atom stereocenters. The van der Waals surface area contributed by atoms with E-state index in [4.69, 9.17) is 0 Å². The lowest BCUT2D eigenvalue weighted by atomic mass is 9.54. The van der Waals surface area contributed by atoms with Gasteiger partial charge in [-0.1, -0.05) is 249 Å². The Hall–Kier alpha value is -10.3. The molecule has 0 N–H and O–H groups in total. The van der Waals surface area contributed by atoms with Gasteiger partial charge in [-0.15, -0.1) is 0 Å². The maximum absolute atomic E-state index is 2.60. The number of anilines is 6. The topological polar surface area (TPSA) is 6.48 Å². The van der Waals surface area contributed by atoms with Crippen LogP contribution in [-0.2, 0) is 18.3 Å². The molecule has 0 saturated heterocycles. The van der Waals surface area contributed by atoms with Crippen LogP contribution < -0.4 is 9.80 Å². The molecule has 0 fully saturated rings. The maximum Gasteiger partial charge on any atom is 0.0566 e. The van der Waals surface area contributed by atoms with Crippen molar-refractivity contribution in [2.24, 2.45) is 0 Å². The van der Waals surface area contributed by atoms with E-state index < -0.39 is 5.41 Å². The molecule has 0 radical (unpaired) electrons. The second-order valence-electron chi connectivity index (χ2n) is 21.9. The molecule has 82 heavy (non-hydrogen) atoms. The van der Waals surface area contributed by atoms with Gasteiger partial charge in [-0.2, -0.15) is 0 Å². The van der Waals surface area contributed by atoms with Crippen LogP contribution in [0.15, 0.2) is 322 Å². The largest absolute Gasteiger partial charge is 0.310 e. The zero-order valence-electron chi connectivity index (χ0n) is 45.5. The van der Waals surface area contributed by atoms with E-state index in [0.29, 0.717) is 0 Å². The van der Waals surface area contributed by atoms with Gasteiger partial charge in [-0.25, -0.2) is 0 Å². The average molecular weight is 1050 g/mol. The summed E-state index contributed by atoms with van der Waals surface area (Å²) >= 11 is 0. The van der Waals surface area contributed by atoms with Gasteiger partial charge in [0.1, 0.15) is 0 Å². The molecule has 3 aliphatic carbocycles. The molecule has 0 aromatic heterocycles. The van der Waals surface area contributed by atoms with Crippen molar-refractivity contribution < 1.29 is 0 Å². The first-order chi connectivity index (χ1) is 40.7. The zero-order chi connectivity index (χ0) is 54.4. The lowest BCUT2D eigenvalue weighted by molar-refractivity contribution is 0.587. The number of fused-ring (bicyclic) bond motifs is 6. The Labute approximate surface area is 481 Å². The molecular formula is C80H58N2. The fourth-order valence-corrected chi connectivity index (χ4v) is 13.8. The Morgan fingerprint density at radius 1 is 0.280 bits per heavy atom. The summed E-state index contributed by atoms with van der Waals surface area (Å²) in [5.74, 6) is -0.154. The van der Waals surface area contributed by atoms with E-state index in [1.54, 1.807) is 0 Å². The van der Waals surface area contributed by atoms with Crippen LogP contribution in [0.25, 0.3) is 39.0 Å². The first-order valence-electron chi connectivity index (χ1n) is 28.7. The molecule has 0 bridgehead atoms. The molecule has 15 rings (SSSR count). The molecule has 0 amide bonds. The Morgan fingerprint density at radius 2 is 0.659 bits per heavy atom. The fourth-order valence-electron chi connectivity index (χ4n) is 13.8. The third-order valence-electron chi connectivity index (χ3n) is 17.3. The van der Waals surface area contributed by atoms with Crippen molar-refractivity contribution >= 4 is 50.8 Å². The van der Waals surface area contributed by atoms with E-state index >= 15 is 0 Å². The normalized spacial score (nSPS) is 15.7. The fraction of sp³-hybridized carbons (Fsp3) is 0.0500. The third kappa shape index (κ3) is 8.42. The monoisotopic (exact) mass is 1050 g/mol. The molecule has 12 aromatic carbocycles. The van der Waals surface area contributed by atoms with E-state index in [1.807, 2.05) is 0 Å². The van der Waals surface area contributed by atoms with Gasteiger partial charge in [-0.3, -0.25) is 0 Å². The van der Waals surface area contributed by atoms with E-state index in [0.717, 1.165) is 52.5 Å². The highest BCUT2D eigenvalue weighted by atomic mass is 15.1. The molecule has 0 aliphatic heterocycles. The minimum Gasteiger partial charge on any atom is -0.310 e. The Kier molecular flexibility index (Phi) is 12.4. The van der Waals surface area contributed by atoms with Crippen molar-refractivity contribution in [3.05, 3.63) is 377 Å². The number of hydrogen-bond acceptors (Lipinski definition) is 2. The predicted octanol–water partition coefficient (Wildman–Crippen LogP) is 20.5. The number of nitrogens with zero attached hydrogens (tertiary/aromatic N) is 2. The quantitative estimate of drug-likeness (QED) is 0.120. The lowest BCUT2D eigenvalue weighted by Gasteiger charge is -2.48. The van der Waals surface area contributed by atoms with Gasteiger partial charge in [0.15, 0.2) is 0 Å². The first kappa shape index (κ1) is 48.8. The van der Waals surface area contributed by atoms with Crippen LogP contribution in [0.1, 0.15) is 61.6 Å². The maximum atomic E-state index is 2.60. The van der Waals surface area contributed by atoms with Crippen molar-refractivity contribution in [1.82, 2.24) is 0 Å². The lowest BCUT2D eigenvalue weighted by Crippen LogP contribution is -2.39. The highest BCUT2D eigenvalue weighted by molar-refractivity contribution is 6.19. The summed E-state index contributed by atoms with van der Waals surface area (Å²) in [4.78, 5) is 4.83. The molecular weight excluding hydrogens is 989 g/mol. The Bertz CT molecular complexity index is 4340. The minimum absolute atomic E-state index is 0.154. The summed E-state index contributed by atoms with van der Waals surface area (Å²) in [7, 11) is 0. The minimum atomic E-state index is -0.731. The molecule has 0 spiro atoms. The highest BCUT2D eigenvalue weighted by Crippen LogP contribution is 2.62. The molecule has 2 heteroatoms. The van der Waals surface area contributed by atoms with Crippen LogP contribution in [-0.4, -0.2) is 0 Å². The van der Waals surface area contributed by atoms with E-state index in [1.165, 1.54) is 89.0 Å². The Balaban J connectivity index is 0.928. The van der Waals surface area contributed by atoms with Crippen molar-refractivity contribution in [3.63, 3.8) is 0 Å². The van der Waals surface area contributed by atoms with Gasteiger partial charge in [0.25, 0.3) is 0 Å². The highest BCUT2D eigenvalue weighted by Gasteiger charge is 2.50. The summed E-state index contributed by atoms with van der Waals surface area (Å²) in [6.07, 6.45) is 4.46. The van der Waals surface area contributed by atoms with Gasteiger partial charge in [0.2, 0.25) is 0 Å². The smallest absolute Gasteiger partial charge is 0.0566 e. The summed E-state index contributed by atoms with van der Waals surface area (Å²) in [6, 6.07) is 117. The van der Waals surface area contributed by atoms with E-state index in [9.17, 15) is 0 Å². The second kappa shape index (κ2) is 20.7. The van der Waals surface area contributed by atoms with Gasteiger partial charge >= 0.3 is 0 Å². The number of para-hydroxylation sites is 2. The van der Waals surface area contributed by atoms with Gasteiger partial charge in [0.05, 0.1) is 5.41 Å². The third-order valence-corrected chi connectivity index (χ3v) is 17.3. The van der Waals surface area contributed by atoms with Crippen LogP contribution in [0.3, 0.4) is 0 Å². The molecule has 12 aromatic rings. The van der Waals surface area contributed by atoms with Crippen LogP contribution in [0.2, 0.25) is 0 Å². The number of allylic oxidation sites excluding steroid dienone is 4.